The molecule has 3 fully saturated rings. The topological polar surface area (TPSA) is 18.5 Å². The quantitative estimate of drug-likeness (QED) is 0.823. The minimum absolute atomic E-state index is 0.761. The normalized spacial score (nSPS) is 38.8. The van der Waals surface area contributed by atoms with Gasteiger partial charge in [-0.3, -0.25) is 0 Å². The van der Waals surface area contributed by atoms with Crippen LogP contribution in [0.1, 0.15) is 45.4 Å². The number of nitrogens with one attached hydrogen (secondary N) is 1. The molecular weight excluding hydrogens is 222 g/mol. The second kappa shape index (κ2) is 5.89. The first-order valence-electron chi connectivity index (χ1n) is 8.07. The van der Waals surface area contributed by atoms with Gasteiger partial charge in [0.15, 0.2) is 0 Å². The lowest BCUT2D eigenvalue weighted by Gasteiger charge is -2.39. The van der Waals surface area contributed by atoms with Crippen LogP contribution >= 0.6 is 0 Å². The smallest absolute Gasteiger partial charge is 0.0198 e. The molecule has 0 amide bonds. The lowest BCUT2D eigenvalue weighted by Crippen LogP contribution is -2.53. The van der Waals surface area contributed by atoms with Gasteiger partial charge in [0.2, 0.25) is 0 Å². The van der Waals surface area contributed by atoms with Crippen LogP contribution < -0.4 is 5.32 Å². The highest BCUT2D eigenvalue weighted by atomic mass is 15.2. The molecule has 18 heavy (non-hydrogen) atoms. The lowest BCUT2D eigenvalue weighted by molar-refractivity contribution is 0.138. The summed E-state index contributed by atoms with van der Waals surface area (Å²) in [6, 6.07) is 2.46. The molecular formula is C15H29N3. The average Bonchev–Trinajstić information content (AvgIpc) is 2.86. The summed E-state index contributed by atoms with van der Waals surface area (Å²) in [6.45, 7) is 8.81. The number of likely N-dealkylation sites (N-methyl/N-ethyl adjacent to an activating group) is 1. The molecule has 3 heteroatoms. The molecule has 3 unspecified atom stereocenters. The first-order valence-corrected chi connectivity index (χ1v) is 8.07. The molecule has 0 saturated carbocycles. The van der Waals surface area contributed by atoms with E-state index in [-0.39, 0.29) is 0 Å². The van der Waals surface area contributed by atoms with Crippen molar-refractivity contribution >= 4 is 0 Å². The van der Waals surface area contributed by atoms with Crippen molar-refractivity contribution in [3.8, 4) is 0 Å². The van der Waals surface area contributed by atoms with Gasteiger partial charge < -0.3 is 15.1 Å². The Morgan fingerprint density at radius 3 is 2.78 bits per heavy atom. The minimum Gasteiger partial charge on any atom is -0.310 e. The van der Waals surface area contributed by atoms with Crippen molar-refractivity contribution in [1.82, 2.24) is 15.1 Å². The summed E-state index contributed by atoms with van der Waals surface area (Å²) in [6.07, 6.45) is 8.44. The van der Waals surface area contributed by atoms with Crippen LogP contribution in [0.25, 0.3) is 0 Å². The van der Waals surface area contributed by atoms with Crippen molar-refractivity contribution in [3.05, 3.63) is 0 Å². The molecule has 0 radical (unpaired) electrons. The SMILES string of the molecule is CCN1CCCC(NC2CCN3CCCC3C2)C1. The molecule has 0 aliphatic carbocycles. The van der Waals surface area contributed by atoms with E-state index in [0.717, 1.165) is 18.1 Å². The molecule has 104 valence electrons. The molecule has 3 atom stereocenters. The second-order valence-corrected chi connectivity index (χ2v) is 6.45. The monoisotopic (exact) mass is 251 g/mol. The molecule has 0 aromatic carbocycles. The third-order valence-corrected chi connectivity index (χ3v) is 5.24. The zero-order chi connectivity index (χ0) is 12.4. The van der Waals surface area contributed by atoms with Crippen LogP contribution in [0.15, 0.2) is 0 Å². The summed E-state index contributed by atoms with van der Waals surface area (Å²) >= 11 is 0. The van der Waals surface area contributed by atoms with Gasteiger partial charge in [0.05, 0.1) is 0 Å². The van der Waals surface area contributed by atoms with Crippen LogP contribution in [0.3, 0.4) is 0 Å². The standard InChI is InChI=1S/C15H29N3/c1-2-17-8-3-5-14(12-17)16-13-7-10-18-9-4-6-15(18)11-13/h13-16H,2-12H2,1H3. The summed E-state index contributed by atoms with van der Waals surface area (Å²) in [7, 11) is 0. The van der Waals surface area contributed by atoms with E-state index < -0.39 is 0 Å². The van der Waals surface area contributed by atoms with E-state index in [1.807, 2.05) is 0 Å². The van der Waals surface area contributed by atoms with Crippen molar-refractivity contribution in [1.29, 1.82) is 0 Å². The molecule has 3 aliphatic rings. The van der Waals surface area contributed by atoms with Gasteiger partial charge in [0.25, 0.3) is 0 Å². The van der Waals surface area contributed by atoms with Crippen LogP contribution in [0.2, 0.25) is 0 Å². The fourth-order valence-electron chi connectivity index (χ4n) is 4.19. The van der Waals surface area contributed by atoms with Gasteiger partial charge in [0.1, 0.15) is 0 Å². The highest BCUT2D eigenvalue weighted by Gasteiger charge is 2.32. The minimum atomic E-state index is 0.761. The predicted molar refractivity (Wildman–Crippen MR) is 75.9 cm³/mol. The Balaban J connectivity index is 1.47. The summed E-state index contributed by atoms with van der Waals surface area (Å²) in [4.78, 5) is 5.32. The highest BCUT2D eigenvalue weighted by molar-refractivity contribution is 4.91. The van der Waals surface area contributed by atoms with E-state index in [0.29, 0.717) is 0 Å². The summed E-state index contributed by atoms with van der Waals surface area (Å²) in [5, 5.41) is 3.97. The van der Waals surface area contributed by atoms with E-state index >= 15 is 0 Å². The fraction of sp³-hybridized carbons (Fsp3) is 1.00. The maximum absolute atomic E-state index is 3.97. The number of fused-ring (bicyclic) bond motifs is 1. The molecule has 1 N–H and O–H groups in total. The third-order valence-electron chi connectivity index (χ3n) is 5.24. The molecule has 0 bridgehead atoms. The Hall–Kier alpha value is -0.120. The third kappa shape index (κ3) is 2.89. The maximum Gasteiger partial charge on any atom is 0.0198 e. The zero-order valence-corrected chi connectivity index (χ0v) is 11.9. The Morgan fingerprint density at radius 1 is 1.00 bits per heavy atom. The number of hydrogen-bond acceptors (Lipinski definition) is 3. The zero-order valence-electron chi connectivity index (χ0n) is 11.9. The molecule has 3 heterocycles. The largest absolute Gasteiger partial charge is 0.310 e. The Bertz CT molecular complexity index is 268. The summed E-state index contributed by atoms with van der Waals surface area (Å²) in [5.41, 5.74) is 0. The maximum atomic E-state index is 3.97. The average molecular weight is 251 g/mol. The van der Waals surface area contributed by atoms with E-state index in [4.69, 9.17) is 0 Å². The van der Waals surface area contributed by atoms with Crippen molar-refractivity contribution in [3.63, 3.8) is 0 Å². The van der Waals surface area contributed by atoms with Gasteiger partial charge in [-0.05, 0) is 64.7 Å². The van der Waals surface area contributed by atoms with Gasteiger partial charge in [0, 0.05) is 24.7 Å². The van der Waals surface area contributed by atoms with E-state index in [1.54, 1.807) is 0 Å². The Morgan fingerprint density at radius 2 is 1.89 bits per heavy atom. The van der Waals surface area contributed by atoms with Crippen LogP contribution in [0.5, 0.6) is 0 Å². The number of likely N-dealkylation sites (tertiary alicyclic amines) is 1. The van der Waals surface area contributed by atoms with Gasteiger partial charge in [-0.15, -0.1) is 0 Å². The van der Waals surface area contributed by atoms with Crippen molar-refractivity contribution in [2.75, 3.05) is 32.7 Å². The number of nitrogens with zero attached hydrogens (tertiary/aromatic N) is 2. The van der Waals surface area contributed by atoms with Gasteiger partial charge in [-0.25, -0.2) is 0 Å². The Kier molecular flexibility index (Phi) is 4.22. The van der Waals surface area contributed by atoms with E-state index in [1.165, 1.54) is 71.2 Å². The number of piperidine rings is 2. The summed E-state index contributed by atoms with van der Waals surface area (Å²) in [5.74, 6) is 0. The molecule has 3 rings (SSSR count). The van der Waals surface area contributed by atoms with Gasteiger partial charge in [-0.1, -0.05) is 6.92 Å². The molecule has 0 aromatic heterocycles. The Labute approximate surface area is 112 Å². The lowest BCUT2D eigenvalue weighted by atomic mass is 9.95. The molecule has 3 nitrogen and oxygen atoms in total. The van der Waals surface area contributed by atoms with Gasteiger partial charge >= 0.3 is 0 Å². The molecule has 0 aromatic rings. The molecule has 0 spiro atoms. The van der Waals surface area contributed by atoms with Crippen LogP contribution in [0, 0.1) is 0 Å². The molecule has 3 aliphatic heterocycles. The highest BCUT2D eigenvalue weighted by Crippen LogP contribution is 2.27. The first kappa shape index (κ1) is 12.9. The number of rotatable bonds is 3. The first-order chi connectivity index (χ1) is 8.85. The van der Waals surface area contributed by atoms with Gasteiger partial charge in [-0.2, -0.15) is 0 Å². The van der Waals surface area contributed by atoms with E-state index in [2.05, 4.69) is 22.0 Å². The molecule has 3 saturated heterocycles. The van der Waals surface area contributed by atoms with Crippen molar-refractivity contribution in [2.24, 2.45) is 0 Å². The van der Waals surface area contributed by atoms with Crippen LogP contribution in [-0.2, 0) is 0 Å². The van der Waals surface area contributed by atoms with Crippen molar-refractivity contribution in [2.45, 2.75) is 63.6 Å². The second-order valence-electron chi connectivity index (χ2n) is 6.45. The predicted octanol–water partition coefficient (Wildman–Crippen LogP) is 1.69. The number of hydrogen-bond donors (Lipinski definition) is 1. The van der Waals surface area contributed by atoms with E-state index in [9.17, 15) is 0 Å². The fourth-order valence-corrected chi connectivity index (χ4v) is 4.19. The summed E-state index contributed by atoms with van der Waals surface area (Å²) < 4.78 is 0. The van der Waals surface area contributed by atoms with Crippen molar-refractivity contribution < 1.29 is 0 Å². The van der Waals surface area contributed by atoms with Crippen LogP contribution in [0.4, 0.5) is 0 Å². The van der Waals surface area contributed by atoms with Crippen LogP contribution in [-0.4, -0.2) is 60.6 Å².